The molecule has 1 heterocycles. The number of nitrogens with zero attached hydrogens (tertiary/aromatic N) is 3. The predicted octanol–water partition coefficient (Wildman–Crippen LogP) is 4.00. The number of nitrogens with one attached hydrogen (secondary N) is 2. The van der Waals surface area contributed by atoms with Crippen LogP contribution in [0.1, 0.15) is 33.1 Å². The number of hydrogen-bond donors (Lipinski definition) is 3. The number of halogens is 4. The van der Waals surface area contributed by atoms with Crippen molar-refractivity contribution < 1.29 is 22.4 Å². The lowest BCUT2D eigenvalue weighted by atomic mass is 10.0. The number of hydrogen-bond acceptors (Lipinski definition) is 5. The lowest BCUT2D eigenvalue weighted by Gasteiger charge is -2.29. The molecule has 4 N–H and O–H groups in total. The van der Waals surface area contributed by atoms with Crippen LogP contribution < -0.4 is 16.4 Å². The molecular formula is C26H40F4N6O. The summed E-state index contributed by atoms with van der Waals surface area (Å²) in [7, 11) is 3.00. The molecule has 1 aliphatic heterocycles. The van der Waals surface area contributed by atoms with Crippen molar-refractivity contribution >= 4 is 11.7 Å². The monoisotopic (exact) mass is 528 g/mol. The van der Waals surface area contributed by atoms with Crippen molar-refractivity contribution in [2.75, 3.05) is 40.3 Å². The van der Waals surface area contributed by atoms with Crippen molar-refractivity contribution in [3.63, 3.8) is 0 Å². The Kier molecular flexibility index (Phi) is 13.0. The molecule has 1 unspecified atom stereocenters. The van der Waals surface area contributed by atoms with Gasteiger partial charge in [-0.25, -0.2) is 0 Å². The fourth-order valence-electron chi connectivity index (χ4n) is 3.90. The molecule has 37 heavy (non-hydrogen) atoms. The Bertz CT molecular complexity index is 919. The summed E-state index contributed by atoms with van der Waals surface area (Å²) in [5.41, 5.74) is 5.33. The summed E-state index contributed by atoms with van der Waals surface area (Å²) >= 11 is 0. The Labute approximate surface area is 217 Å². The summed E-state index contributed by atoms with van der Waals surface area (Å²) in [6.07, 6.45) is 6.43. The van der Waals surface area contributed by atoms with Crippen LogP contribution in [0.15, 0.2) is 65.4 Å². The molecule has 1 fully saturated rings. The predicted molar refractivity (Wildman–Crippen MR) is 141 cm³/mol. The average Bonchev–Trinajstić information content (AvgIpc) is 3.64. The van der Waals surface area contributed by atoms with Gasteiger partial charge >= 0.3 is 6.18 Å². The molecular weight excluding hydrogens is 488 g/mol. The zero-order valence-corrected chi connectivity index (χ0v) is 20.8. The Hall–Kier alpha value is -3.24. The number of carbonyl (C=O) groups is 1. The number of carbonyl (C=O) groups excluding carboxylic acids is 1. The minimum absolute atomic E-state index is 0. The highest BCUT2D eigenvalue weighted by Crippen LogP contribution is 2.32. The largest absolute Gasteiger partial charge is 0.392 e. The van der Waals surface area contributed by atoms with Gasteiger partial charge < -0.3 is 26.2 Å². The van der Waals surface area contributed by atoms with Gasteiger partial charge in [-0.2, -0.15) is 17.6 Å². The molecule has 2 aliphatic rings. The lowest BCUT2D eigenvalue weighted by molar-refractivity contribution is -0.127. The van der Waals surface area contributed by atoms with Crippen LogP contribution in [0.25, 0.3) is 0 Å². The number of primary amides is 1. The summed E-state index contributed by atoms with van der Waals surface area (Å²) in [4.78, 5) is 18.6. The van der Waals surface area contributed by atoms with Gasteiger partial charge in [0.1, 0.15) is 5.82 Å². The van der Waals surface area contributed by atoms with E-state index in [1.165, 1.54) is 25.3 Å². The second-order valence-electron chi connectivity index (χ2n) is 8.79. The first-order valence-corrected chi connectivity index (χ1v) is 11.9. The fraction of sp³-hybridized carbons (Fsp3) is 0.538. The summed E-state index contributed by atoms with van der Waals surface area (Å²) in [6.45, 7) is 4.66. The van der Waals surface area contributed by atoms with E-state index in [0.29, 0.717) is 13.1 Å². The minimum atomic E-state index is -4.39. The second-order valence-corrected chi connectivity index (χ2v) is 8.79. The average molecular weight is 529 g/mol. The number of aliphatic imine (C=N–C) groups is 1. The van der Waals surface area contributed by atoms with Gasteiger partial charge in [-0.1, -0.05) is 44.4 Å². The molecule has 208 valence electrons. The highest BCUT2D eigenvalue weighted by Gasteiger charge is 2.36. The minimum Gasteiger partial charge on any atom is -0.372 e. The van der Waals surface area contributed by atoms with Gasteiger partial charge in [0.25, 0.3) is 0 Å². The molecule has 2 rings (SSSR count). The van der Waals surface area contributed by atoms with Crippen LogP contribution in [0.4, 0.5) is 17.6 Å². The third kappa shape index (κ3) is 11.1. The topological polar surface area (TPSA) is 86.0 Å². The Morgan fingerprint density at radius 3 is 2.49 bits per heavy atom. The van der Waals surface area contributed by atoms with Crippen LogP contribution in [0.5, 0.6) is 0 Å². The maximum Gasteiger partial charge on any atom is 0.392 e. The van der Waals surface area contributed by atoms with Crippen molar-refractivity contribution in [2.24, 2.45) is 16.6 Å². The van der Waals surface area contributed by atoms with Crippen LogP contribution in [-0.4, -0.2) is 74.0 Å². The van der Waals surface area contributed by atoms with Gasteiger partial charge in [-0.3, -0.25) is 9.79 Å². The standard InChI is InChI=1S/C25H36F4N6O.CH4/c1-4-5-6-7-19(14-25(27,28)29)16-35(20-8-9-20)24(32-3)22(26)23(31-2)33-15-18-10-12-34(13-11-18)17-21(30)36;/h4-7,10,12,18,20,31,33H,1,8-9,11,13-17H2,2-3H3,(H2,30,36);1H4/b6-5-,19-7+,23-22-,32-24?;. The van der Waals surface area contributed by atoms with E-state index in [-0.39, 0.29) is 49.7 Å². The van der Waals surface area contributed by atoms with Crippen LogP contribution in [0.3, 0.4) is 0 Å². The zero-order valence-electron chi connectivity index (χ0n) is 20.8. The second kappa shape index (κ2) is 15.1. The van der Waals surface area contributed by atoms with E-state index in [9.17, 15) is 18.0 Å². The van der Waals surface area contributed by atoms with Gasteiger partial charge in [0.05, 0.1) is 13.0 Å². The number of alkyl halides is 3. The molecule has 1 atom stereocenters. The van der Waals surface area contributed by atoms with E-state index in [1.807, 2.05) is 17.2 Å². The van der Waals surface area contributed by atoms with Crippen LogP contribution in [0.2, 0.25) is 0 Å². The number of rotatable bonds is 13. The molecule has 0 bridgehead atoms. The first-order valence-electron chi connectivity index (χ1n) is 11.9. The molecule has 0 aromatic rings. The SMILES string of the molecule is C.C=C/C=C\C=C(\CN(C(=NC)/C(F)=C(\NC)NCC1C=CN(CC(N)=O)CC1)C1CC1)CC(F)(F)F. The van der Waals surface area contributed by atoms with Gasteiger partial charge in [0.15, 0.2) is 5.84 Å². The van der Waals surface area contributed by atoms with E-state index < -0.39 is 24.3 Å². The first kappa shape index (κ1) is 31.8. The van der Waals surface area contributed by atoms with E-state index >= 15 is 4.39 Å². The summed E-state index contributed by atoms with van der Waals surface area (Å²) in [6, 6.07) is -0.0786. The van der Waals surface area contributed by atoms with Crippen LogP contribution in [0, 0.1) is 5.92 Å². The molecule has 0 saturated heterocycles. The third-order valence-corrected chi connectivity index (χ3v) is 5.77. The van der Waals surface area contributed by atoms with Crippen molar-refractivity contribution in [1.82, 2.24) is 20.4 Å². The molecule has 7 nitrogen and oxygen atoms in total. The molecule has 0 radical (unpaired) electrons. The van der Waals surface area contributed by atoms with E-state index in [1.54, 1.807) is 18.0 Å². The normalized spacial score (nSPS) is 19.3. The zero-order chi connectivity index (χ0) is 26.7. The summed E-state index contributed by atoms with van der Waals surface area (Å²) in [5, 5.41) is 5.88. The van der Waals surface area contributed by atoms with Gasteiger partial charge in [-0.15, -0.1) is 0 Å². The maximum absolute atomic E-state index is 15.7. The Morgan fingerprint density at radius 1 is 1.30 bits per heavy atom. The van der Waals surface area contributed by atoms with E-state index in [0.717, 1.165) is 19.3 Å². The van der Waals surface area contributed by atoms with Crippen molar-refractivity contribution in [1.29, 1.82) is 0 Å². The number of nitrogens with two attached hydrogens (primary N) is 1. The lowest BCUT2D eigenvalue weighted by Crippen LogP contribution is -2.39. The quantitative estimate of drug-likeness (QED) is 0.146. The molecule has 0 aromatic heterocycles. The molecule has 1 saturated carbocycles. The first-order chi connectivity index (χ1) is 17.1. The smallest absolute Gasteiger partial charge is 0.372 e. The van der Waals surface area contributed by atoms with Crippen molar-refractivity contribution in [3.05, 3.63) is 60.4 Å². The van der Waals surface area contributed by atoms with Crippen molar-refractivity contribution in [2.45, 2.75) is 45.3 Å². The highest BCUT2D eigenvalue weighted by atomic mass is 19.4. The maximum atomic E-state index is 15.7. The van der Waals surface area contributed by atoms with Crippen molar-refractivity contribution in [3.8, 4) is 0 Å². The third-order valence-electron chi connectivity index (χ3n) is 5.77. The number of amides is 1. The van der Waals surface area contributed by atoms with Crippen LogP contribution in [-0.2, 0) is 4.79 Å². The Balaban J connectivity index is 0.00000684. The molecule has 1 aliphatic carbocycles. The van der Waals surface area contributed by atoms with E-state index in [4.69, 9.17) is 5.73 Å². The number of allylic oxidation sites excluding steroid dienone is 4. The highest BCUT2D eigenvalue weighted by molar-refractivity contribution is 5.97. The summed E-state index contributed by atoms with van der Waals surface area (Å²) in [5.74, 6) is -0.848. The molecule has 0 spiro atoms. The fourth-order valence-corrected chi connectivity index (χ4v) is 3.90. The molecule has 1 amide bonds. The molecule has 0 aromatic carbocycles. The molecule has 11 heteroatoms. The summed E-state index contributed by atoms with van der Waals surface area (Å²) < 4.78 is 55.3. The van der Waals surface area contributed by atoms with E-state index in [2.05, 4.69) is 22.2 Å². The van der Waals surface area contributed by atoms with Gasteiger partial charge in [0.2, 0.25) is 11.7 Å². The van der Waals surface area contributed by atoms with Crippen LogP contribution >= 0.6 is 0 Å². The number of amidine groups is 1. The van der Waals surface area contributed by atoms with Gasteiger partial charge in [-0.05, 0) is 37.0 Å². The Morgan fingerprint density at radius 2 is 2.00 bits per heavy atom. The van der Waals surface area contributed by atoms with Gasteiger partial charge in [0, 0.05) is 39.8 Å².